The van der Waals surface area contributed by atoms with Gasteiger partial charge in [0.25, 0.3) is 0 Å². The van der Waals surface area contributed by atoms with Crippen molar-refractivity contribution in [3.63, 3.8) is 0 Å². The molecule has 0 bridgehead atoms. The molecule has 1 heterocycles. The fraction of sp³-hybridized carbons (Fsp3) is 0.250. The van der Waals surface area contributed by atoms with Gasteiger partial charge in [0.1, 0.15) is 4.60 Å². The first-order valence-electron chi connectivity index (χ1n) is 3.29. The highest BCUT2D eigenvalue weighted by Crippen LogP contribution is 2.14. The predicted molar refractivity (Wildman–Crippen MR) is 50.2 cm³/mol. The molecule has 11 heavy (non-hydrogen) atoms. The highest BCUT2D eigenvalue weighted by Gasteiger charge is 1.99. The van der Waals surface area contributed by atoms with E-state index in [9.17, 15) is 0 Å². The van der Waals surface area contributed by atoms with Crippen molar-refractivity contribution < 1.29 is 0 Å². The summed E-state index contributed by atoms with van der Waals surface area (Å²) in [4.78, 5) is 8.02. The van der Waals surface area contributed by atoms with Gasteiger partial charge in [-0.25, -0.2) is 4.98 Å². The predicted octanol–water partition coefficient (Wildman–Crippen LogP) is 2.20. The lowest BCUT2D eigenvalue weighted by atomic mass is 10.2. The molecule has 1 rings (SSSR count). The third kappa shape index (κ3) is 1.87. The number of aromatic nitrogens is 1. The molecule has 1 aromatic rings. The van der Waals surface area contributed by atoms with Crippen LogP contribution in [0.5, 0.6) is 0 Å². The zero-order chi connectivity index (χ0) is 8.27. The number of aryl methyl sites for hydroxylation is 1. The monoisotopic (exact) mass is 212 g/mol. The molecule has 2 nitrogen and oxygen atoms in total. The Kier molecular flexibility index (Phi) is 2.76. The van der Waals surface area contributed by atoms with Crippen molar-refractivity contribution >= 4 is 22.1 Å². The smallest absolute Gasteiger partial charge is 0.115 e. The van der Waals surface area contributed by atoms with Crippen molar-refractivity contribution in [1.82, 2.24) is 4.98 Å². The molecule has 1 aromatic heterocycles. The summed E-state index contributed by atoms with van der Waals surface area (Å²) in [6, 6.07) is 1.96. The lowest BCUT2D eigenvalue weighted by molar-refractivity contribution is 1.23. The van der Waals surface area contributed by atoms with E-state index in [1.807, 2.05) is 13.0 Å². The van der Waals surface area contributed by atoms with Crippen LogP contribution >= 0.6 is 15.9 Å². The molecule has 0 spiro atoms. The van der Waals surface area contributed by atoms with Gasteiger partial charge >= 0.3 is 0 Å². The van der Waals surface area contributed by atoms with Gasteiger partial charge in [0.15, 0.2) is 0 Å². The summed E-state index contributed by atoms with van der Waals surface area (Å²) in [5.41, 5.74) is 2.23. The second kappa shape index (κ2) is 3.62. The molecule has 0 aliphatic heterocycles. The van der Waals surface area contributed by atoms with Crippen molar-refractivity contribution in [3.8, 4) is 0 Å². The second-order valence-electron chi connectivity index (χ2n) is 2.22. The molecule has 0 saturated carbocycles. The molecule has 0 unspecified atom stereocenters. The molecule has 0 aliphatic carbocycles. The van der Waals surface area contributed by atoms with Crippen molar-refractivity contribution in [1.29, 1.82) is 0 Å². The summed E-state index contributed by atoms with van der Waals surface area (Å²) in [6.07, 6.45) is 3.57. The summed E-state index contributed by atoms with van der Waals surface area (Å²) >= 11 is 3.35. The molecule has 0 fully saturated rings. The largest absolute Gasteiger partial charge is 0.296 e. The number of halogens is 1. The molecule has 58 valence electrons. The first kappa shape index (κ1) is 8.40. The third-order valence-electron chi connectivity index (χ3n) is 1.42. The van der Waals surface area contributed by atoms with Gasteiger partial charge in [0.05, 0.1) is 0 Å². The maximum Gasteiger partial charge on any atom is 0.115 e. The number of hydrogen-bond donors (Lipinski definition) is 0. The number of aliphatic imine (C=N–C) groups is 1. The molecule has 0 saturated heterocycles. The normalized spacial score (nSPS) is 10.8. The van der Waals surface area contributed by atoms with Crippen molar-refractivity contribution in [3.05, 3.63) is 28.0 Å². The summed E-state index contributed by atoms with van der Waals surface area (Å²) < 4.78 is 0.850. The number of pyridine rings is 1. The van der Waals surface area contributed by atoms with Crippen LogP contribution in [-0.2, 0) is 0 Å². The van der Waals surface area contributed by atoms with Gasteiger partial charge in [-0.3, -0.25) is 4.99 Å². The average molecular weight is 213 g/mol. The SMILES string of the molecule is C/N=C/c1c(C)ccnc1Br. The first-order valence-corrected chi connectivity index (χ1v) is 4.08. The zero-order valence-electron chi connectivity index (χ0n) is 6.50. The summed E-state index contributed by atoms with van der Waals surface area (Å²) in [5, 5.41) is 0. The standard InChI is InChI=1S/C8H9BrN2/c1-6-3-4-11-8(9)7(6)5-10-2/h3-5H,1-2H3/b10-5+. The van der Waals surface area contributed by atoms with Crippen LogP contribution in [-0.4, -0.2) is 18.2 Å². The highest BCUT2D eigenvalue weighted by molar-refractivity contribution is 9.10. The van der Waals surface area contributed by atoms with Crippen molar-refractivity contribution in [2.45, 2.75) is 6.92 Å². The molecular formula is C8H9BrN2. The van der Waals surface area contributed by atoms with Gasteiger partial charge in [-0.1, -0.05) is 0 Å². The quantitative estimate of drug-likeness (QED) is 0.518. The molecular weight excluding hydrogens is 204 g/mol. The Bertz CT molecular complexity index is 261. The Morgan fingerprint density at radius 1 is 1.64 bits per heavy atom. The van der Waals surface area contributed by atoms with Gasteiger partial charge in [-0.15, -0.1) is 0 Å². The fourth-order valence-electron chi connectivity index (χ4n) is 0.821. The minimum atomic E-state index is 0.850. The number of rotatable bonds is 1. The lowest BCUT2D eigenvalue weighted by Gasteiger charge is -1.99. The van der Waals surface area contributed by atoms with Crippen molar-refractivity contribution in [2.75, 3.05) is 7.05 Å². The van der Waals surface area contributed by atoms with E-state index in [2.05, 4.69) is 25.9 Å². The minimum Gasteiger partial charge on any atom is -0.296 e. The van der Waals surface area contributed by atoms with Gasteiger partial charge < -0.3 is 0 Å². The molecule has 0 N–H and O–H groups in total. The summed E-state index contributed by atoms with van der Waals surface area (Å²) in [7, 11) is 1.75. The molecule has 0 radical (unpaired) electrons. The average Bonchev–Trinajstić information content (AvgIpc) is 1.97. The number of hydrogen-bond acceptors (Lipinski definition) is 2. The first-order chi connectivity index (χ1) is 5.25. The van der Waals surface area contributed by atoms with Crippen LogP contribution in [0.15, 0.2) is 21.9 Å². The van der Waals surface area contributed by atoms with Gasteiger partial charge in [-0.05, 0) is 34.5 Å². The Labute approximate surface area is 74.5 Å². The van der Waals surface area contributed by atoms with E-state index in [-0.39, 0.29) is 0 Å². The van der Waals surface area contributed by atoms with Gasteiger partial charge in [0.2, 0.25) is 0 Å². The van der Waals surface area contributed by atoms with Crippen LogP contribution in [0.2, 0.25) is 0 Å². The maximum absolute atomic E-state index is 4.08. The zero-order valence-corrected chi connectivity index (χ0v) is 8.09. The Hall–Kier alpha value is -0.700. The fourth-order valence-corrected chi connectivity index (χ4v) is 1.35. The Balaban J connectivity index is 3.20. The maximum atomic E-state index is 4.08. The van der Waals surface area contributed by atoms with E-state index < -0.39 is 0 Å². The molecule has 0 aliphatic rings. The van der Waals surface area contributed by atoms with Crippen LogP contribution in [0, 0.1) is 6.92 Å². The number of nitrogens with zero attached hydrogens (tertiary/aromatic N) is 2. The van der Waals surface area contributed by atoms with Crippen molar-refractivity contribution in [2.24, 2.45) is 4.99 Å². The molecule has 0 amide bonds. The molecule has 3 heteroatoms. The van der Waals surface area contributed by atoms with Crippen LogP contribution in [0.1, 0.15) is 11.1 Å². The van der Waals surface area contributed by atoms with Crippen LogP contribution in [0.3, 0.4) is 0 Å². The summed E-state index contributed by atoms with van der Waals surface area (Å²) in [6.45, 7) is 2.03. The van der Waals surface area contributed by atoms with Crippen LogP contribution in [0.4, 0.5) is 0 Å². The van der Waals surface area contributed by atoms with Gasteiger partial charge in [-0.2, -0.15) is 0 Å². The second-order valence-corrected chi connectivity index (χ2v) is 2.97. The van der Waals surface area contributed by atoms with Crippen LogP contribution in [0.25, 0.3) is 0 Å². The molecule has 0 atom stereocenters. The highest BCUT2D eigenvalue weighted by atomic mass is 79.9. The molecule has 0 aromatic carbocycles. The van der Waals surface area contributed by atoms with Gasteiger partial charge in [0, 0.05) is 25.0 Å². The Morgan fingerprint density at radius 3 is 2.91 bits per heavy atom. The van der Waals surface area contributed by atoms with E-state index >= 15 is 0 Å². The van der Waals surface area contributed by atoms with Crippen LogP contribution < -0.4 is 0 Å². The summed E-state index contributed by atoms with van der Waals surface area (Å²) in [5.74, 6) is 0. The third-order valence-corrected chi connectivity index (χ3v) is 2.05. The Morgan fingerprint density at radius 2 is 2.36 bits per heavy atom. The minimum absolute atomic E-state index is 0.850. The van der Waals surface area contributed by atoms with E-state index in [4.69, 9.17) is 0 Å². The van der Waals surface area contributed by atoms with E-state index in [1.54, 1.807) is 19.5 Å². The van der Waals surface area contributed by atoms with E-state index in [0.717, 1.165) is 10.2 Å². The lowest BCUT2D eigenvalue weighted by Crippen LogP contribution is -1.90. The van der Waals surface area contributed by atoms with E-state index in [0.29, 0.717) is 0 Å². The van der Waals surface area contributed by atoms with E-state index in [1.165, 1.54) is 5.56 Å². The topological polar surface area (TPSA) is 25.2 Å².